The van der Waals surface area contributed by atoms with Crippen LogP contribution in [0, 0.1) is 0 Å². The summed E-state index contributed by atoms with van der Waals surface area (Å²) in [6.07, 6.45) is 4.25. The van der Waals surface area contributed by atoms with E-state index in [2.05, 4.69) is 5.32 Å². The molecule has 0 bridgehead atoms. The van der Waals surface area contributed by atoms with Crippen LogP contribution in [-0.2, 0) is 9.59 Å². The van der Waals surface area contributed by atoms with Gasteiger partial charge in [-0.3, -0.25) is 4.79 Å². The number of rotatable bonds is 5. The molecule has 0 aromatic rings. The molecule has 1 rings (SSSR count). The molecular weight excluding hydrogens is 220 g/mol. The van der Waals surface area contributed by atoms with Crippen molar-refractivity contribution in [3.8, 4) is 0 Å². The zero-order valence-corrected chi connectivity index (χ0v) is 10.6. The first-order valence-corrected chi connectivity index (χ1v) is 6.19. The highest BCUT2D eigenvalue weighted by molar-refractivity contribution is 5.92. The van der Waals surface area contributed by atoms with Crippen LogP contribution in [0.5, 0.6) is 0 Å². The number of nitrogens with one attached hydrogen (secondary N) is 1. The fraction of sp³-hybridized carbons (Fsp3) is 0.833. The van der Waals surface area contributed by atoms with Crippen molar-refractivity contribution in [3.05, 3.63) is 0 Å². The first-order chi connectivity index (χ1) is 7.84. The van der Waals surface area contributed by atoms with Crippen molar-refractivity contribution in [1.29, 1.82) is 0 Å². The van der Waals surface area contributed by atoms with Crippen molar-refractivity contribution in [2.75, 3.05) is 0 Å². The van der Waals surface area contributed by atoms with Gasteiger partial charge < -0.3 is 16.2 Å². The summed E-state index contributed by atoms with van der Waals surface area (Å²) in [4.78, 5) is 23.3. The van der Waals surface area contributed by atoms with Crippen LogP contribution < -0.4 is 11.1 Å². The van der Waals surface area contributed by atoms with Crippen LogP contribution in [0.4, 0.5) is 0 Å². The third-order valence-corrected chi connectivity index (χ3v) is 3.56. The lowest BCUT2D eigenvalue weighted by Crippen LogP contribution is -2.61. The molecule has 5 nitrogen and oxygen atoms in total. The number of carbonyl (C=O) groups is 2. The van der Waals surface area contributed by atoms with Gasteiger partial charge in [0.25, 0.3) is 0 Å². The van der Waals surface area contributed by atoms with Crippen molar-refractivity contribution < 1.29 is 14.7 Å². The largest absolute Gasteiger partial charge is 0.480 e. The predicted octanol–water partition coefficient (Wildman–Crippen LogP) is 1.02. The van der Waals surface area contributed by atoms with Gasteiger partial charge in [-0.25, -0.2) is 4.79 Å². The molecule has 0 saturated heterocycles. The van der Waals surface area contributed by atoms with Crippen LogP contribution in [0.25, 0.3) is 0 Å². The molecule has 0 aliphatic heterocycles. The molecule has 17 heavy (non-hydrogen) atoms. The number of carboxylic acids is 1. The molecule has 1 unspecified atom stereocenters. The molecule has 5 heteroatoms. The van der Waals surface area contributed by atoms with E-state index in [-0.39, 0.29) is 5.91 Å². The predicted molar refractivity (Wildman–Crippen MR) is 64.5 cm³/mol. The molecule has 98 valence electrons. The van der Waals surface area contributed by atoms with Gasteiger partial charge in [0.1, 0.15) is 5.54 Å². The van der Waals surface area contributed by atoms with E-state index in [4.69, 9.17) is 5.73 Å². The van der Waals surface area contributed by atoms with Gasteiger partial charge >= 0.3 is 5.97 Å². The van der Waals surface area contributed by atoms with E-state index in [0.717, 1.165) is 12.8 Å². The van der Waals surface area contributed by atoms with Crippen LogP contribution in [0.3, 0.4) is 0 Å². The third-order valence-electron chi connectivity index (χ3n) is 3.56. The van der Waals surface area contributed by atoms with E-state index < -0.39 is 17.0 Å². The molecule has 0 aromatic heterocycles. The van der Waals surface area contributed by atoms with E-state index in [0.29, 0.717) is 25.7 Å². The normalized spacial score (nSPS) is 21.8. The minimum absolute atomic E-state index is 0.326. The van der Waals surface area contributed by atoms with E-state index in [1.54, 1.807) is 0 Å². The summed E-state index contributed by atoms with van der Waals surface area (Å²) < 4.78 is 0. The lowest BCUT2D eigenvalue weighted by atomic mass is 9.92. The van der Waals surface area contributed by atoms with E-state index in [1.807, 2.05) is 6.92 Å². The molecular formula is C12H22N2O3. The Morgan fingerprint density at radius 2 is 1.94 bits per heavy atom. The summed E-state index contributed by atoms with van der Waals surface area (Å²) in [5.74, 6) is -1.33. The van der Waals surface area contributed by atoms with E-state index >= 15 is 0 Å². The lowest BCUT2D eigenvalue weighted by molar-refractivity contribution is -0.148. The Morgan fingerprint density at radius 1 is 1.41 bits per heavy atom. The molecule has 0 radical (unpaired) electrons. The minimum atomic E-state index is -1.21. The van der Waals surface area contributed by atoms with E-state index in [1.165, 1.54) is 6.92 Å². The highest BCUT2D eigenvalue weighted by Crippen LogP contribution is 2.28. The molecule has 0 spiro atoms. The monoisotopic (exact) mass is 242 g/mol. The van der Waals surface area contributed by atoms with Gasteiger partial charge in [-0.15, -0.1) is 0 Å². The minimum Gasteiger partial charge on any atom is -0.480 e. The molecule has 1 atom stereocenters. The fourth-order valence-corrected chi connectivity index (χ4v) is 2.33. The second-order valence-corrected chi connectivity index (χ2v) is 5.20. The smallest absolute Gasteiger partial charge is 0.329 e. The Labute approximate surface area is 102 Å². The topological polar surface area (TPSA) is 92.4 Å². The van der Waals surface area contributed by atoms with Crippen LogP contribution in [-0.4, -0.2) is 28.1 Å². The SMILES string of the molecule is CCCC(C)(NC(=O)C1(N)CCCC1)C(=O)O. The molecule has 1 aliphatic carbocycles. The number of carboxylic acid groups (broad SMARTS) is 1. The maximum Gasteiger partial charge on any atom is 0.329 e. The summed E-state index contributed by atoms with van der Waals surface area (Å²) in [6.45, 7) is 3.43. The molecule has 1 aliphatic rings. The molecule has 1 fully saturated rings. The van der Waals surface area contributed by atoms with Crippen molar-refractivity contribution in [2.45, 2.75) is 63.5 Å². The Morgan fingerprint density at radius 3 is 2.35 bits per heavy atom. The quantitative estimate of drug-likeness (QED) is 0.671. The average Bonchev–Trinajstić information content (AvgIpc) is 2.66. The molecule has 0 aromatic carbocycles. The van der Waals surface area contributed by atoms with Crippen LogP contribution in [0.1, 0.15) is 52.4 Å². The van der Waals surface area contributed by atoms with Crippen LogP contribution in [0.2, 0.25) is 0 Å². The first-order valence-electron chi connectivity index (χ1n) is 6.19. The summed E-state index contributed by atoms with van der Waals surface area (Å²) in [5.41, 5.74) is 3.92. The summed E-state index contributed by atoms with van der Waals surface area (Å²) >= 11 is 0. The Balaban J connectivity index is 2.74. The number of carbonyl (C=O) groups excluding carboxylic acids is 1. The van der Waals surface area contributed by atoms with Gasteiger partial charge in [-0.2, -0.15) is 0 Å². The van der Waals surface area contributed by atoms with Crippen molar-refractivity contribution in [2.24, 2.45) is 5.73 Å². The van der Waals surface area contributed by atoms with Gasteiger partial charge in [0.05, 0.1) is 5.54 Å². The van der Waals surface area contributed by atoms with Crippen LogP contribution >= 0.6 is 0 Å². The highest BCUT2D eigenvalue weighted by Gasteiger charge is 2.42. The Kier molecular flexibility index (Phi) is 4.14. The fourth-order valence-electron chi connectivity index (χ4n) is 2.33. The maximum atomic E-state index is 12.1. The zero-order valence-electron chi connectivity index (χ0n) is 10.6. The number of nitrogens with two attached hydrogens (primary N) is 1. The lowest BCUT2D eigenvalue weighted by Gasteiger charge is -2.31. The second-order valence-electron chi connectivity index (χ2n) is 5.20. The maximum absolute atomic E-state index is 12.1. The van der Waals surface area contributed by atoms with Crippen molar-refractivity contribution in [1.82, 2.24) is 5.32 Å². The van der Waals surface area contributed by atoms with E-state index in [9.17, 15) is 14.7 Å². The number of amides is 1. The van der Waals surface area contributed by atoms with Gasteiger partial charge in [-0.1, -0.05) is 26.2 Å². The molecule has 1 saturated carbocycles. The Bertz CT molecular complexity index is 311. The molecule has 4 N–H and O–H groups in total. The molecule has 1 amide bonds. The zero-order chi connectivity index (χ0) is 13.1. The van der Waals surface area contributed by atoms with Gasteiger partial charge in [0, 0.05) is 0 Å². The summed E-state index contributed by atoms with van der Waals surface area (Å²) in [6, 6.07) is 0. The van der Waals surface area contributed by atoms with Crippen LogP contribution in [0.15, 0.2) is 0 Å². The number of aliphatic carboxylic acids is 1. The van der Waals surface area contributed by atoms with Gasteiger partial charge in [0.2, 0.25) is 5.91 Å². The second kappa shape index (κ2) is 5.04. The first kappa shape index (κ1) is 14.0. The number of hydrogen-bond donors (Lipinski definition) is 3. The highest BCUT2D eigenvalue weighted by atomic mass is 16.4. The molecule has 0 heterocycles. The summed E-state index contributed by atoms with van der Waals surface area (Å²) in [7, 11) is 0. The Hall–Kier alpha value is -1.10. The standard InChI is InChI=1S/C12H22N2O3/c1-3-6-11(2,10(16)17)14-9(15)12(13)7-4-5-8-12/h3-8,13H2,1-2H3,(H,14,15)(H,16,17). The van der Waals surface area contributed by atoms with Crippen molar-refractivity contribution in [3.63, 3.8) is 0 Å². The average molecular weight is 242 g/mol. The van der Waals surface area contributed by atoms with Gasteiger partial charge in [0.15, 0.2) is 0 Å². The summed E-state index contributed by atoms with van der Waals surface area (Å²) in [5, 5.41) is 11.8. The van der Waals surface area contributed by atoms with Crippen molar-refractivity contribution >= 4 is 11.9 Å². The number of hydrogen-bond acceptors (Lipinski definition) is 3. The van der Waals surface area contributed by atoms with Gasteiger partial charge in [-0.05, 0) is 26.2 Å². The third kappa shape index (κ3) is 2.97.